The second kappa shape index (κ2) is 17.9. The van der Waals surface area contributed by atoms with Crippen LogP contribution < -0.4 is 16.0 Å². The van der Waals surface area contributed by atoms with Gasteiger partial charge in [-0.15, -0.1) is 0 Å². The maximum Gasteiger partial charge on any atom is 0.246 e. The molecule has 1 aromatic rings. The van der Waals surface area contributed by atoms with E-state index in [1.165, 1.54) is 38.5 Å². The second-order valence-electron chi connectivity index (χ2n) is 9.97. The van der Waals surface area contributed by atoms with Crippen molar-refractivity contribution in [2.75, 3.05) is 26.7 Å². The molecule has 0 saturated carbocycles. The van der Waals surface area contributed by atoms with Gasteiger partial charge < -0.3 is 20.9 Å². The molecule has 2 rings (SSSR count). The molecule has 3 N–H and O–H groups in total. The van der Waals surface area contributed by atoms with Crippen LogP contribution in [-0.4, -0.2) is 61.4 Å². The molecule has 2 unspecified atom stereocenters. The van der Waals surface area contributed by atoms with E-state index >= 15 is 0 Å². The van der Waals surface area contributed by atoms with Gasteiger partial charge in [0.25, 0.3) is 0 Å². The Hall–Kier alpha value is -2.41. The van der Waals surface area contributed by atoms with E-state index in [-0.39, 0.29) is 17.7 Å². The van der Waals surface area contributed by atoms with Gasteiger partial charge in [-0.05, 0) is 31.9 Å². The van der Waals surface area contributed by atoms with E-state index in [2.05, 4.69) is 22.9 Å². The Morgan fingerprint density at radius 2 is 1.61 bits per heavy atom. The van der Waals surface area contributed by atoms with E-state index in [0.29, 0.717) is 38.9 Å². The molecule has 0 spiro atoms. The lowest BCUT2D eigenvalue weighted by molar-refractivity contribution is -0.141. The number of hydrogen-bond donors (Lipinski definition) is 3. The Morgan fingerprint density at radius 3 is 2.28 bits per heavy atom. The summed E-state index contributed by atoms with van der Waals surface area (Å²) >= 11 is 0. The third-order valence-electron chi connectivity index (χ3n) is 6.94. The third-order valence-corrected chi connectivity index (χ3v) is 6.94. The lowest BCUT2D eigenvalue weighted by atomic mass is 10.0. The predicted octanol–water partition coefficient (Wildman–Crippen LogP) is 3.96. The highest BCUT2D eigenvalue weighted by molar-refractivity contribution is 5.92. The first-order valence-electron chi connectivity index (χ1n) is 14.1. The van der Waals surface area contributed by atoms with Crippen molar-refractivity contribution < 1.29 is 14.4 Å². The summed E-state index contributed by atoms with van der Waals surface area (Å²) in [6, 6.07) is 8.63. The molecular weight excluding hydrogens is 452 g/mol. The second-order valence-corrected chi connectivity index (χ2v) is 9.97. The van der Waals surface area contributed by atoms with Gasteiger partial charge in [0.15, 0.2) is 0 Å². The quantitative estimate of drug-likeness (QED) is 0.266. The van der Waals surface area contributed by atoms with Gasteiger partial charge in [0.05, 0.1) is 0 Å². The van der Waals surface area contributed by atoms with Crippen LogP contribution >= 0.6 is 0 Å². The molecule has 7 nitrogen and oxygen atoms in total. The van der Waals surface area contributed by atoms with Crippen LogP contribution in [0.5, 0.6) is 0 Å². The fraction of sp³-hybridized carbons (Fsp3) is 0.690. The lowest BCUT2D eigenvalue weighted by Gasteiger charge is -2.29. The minimum atomic E-state index is -0.663. The summed E-state index contributed by atoms with van der Waals surface area (Å²) in [5.74, 6) is -0.359. The molecule has 7 heteroatoms. The van der Waals surface area contributed by atoms with Crippen LogP contribution in [0.1, 0.15) is 89.5 Å². The zero-order valence-corrected chi connectivity index (χ0v) is 22.5. The number of hydrogen-bond acceptors (Lipinski definition) is 4. The van der Waals surface area contributed by atoms with Gasteiger partial charge >= 0.3 is 0 Å². The normalized spacial score (nSPS) is 16.1. The highest BCUT2D eigenvalue weighted by atomic mass is 16.2. The predicted molar refractivity (Wildman–Crippen MR) is 146 cm³/mol. The van der Waals surface area contributed by atoms with Gasteiger partial charge in [0.2, 0.25) is 17.7 Å². The number of carbonyl (C=O) groups is 3. The van der Waals surface area contributed by atoms with Crippen molar-refractivity contribution in [2.45, 2.75) is 102 Å². The summed E-state index contributed by atoms with van der Waals surface area (Å²) in [5, 5.41) is 8.93. The molecule has 0 radical (unpaired) electrons. The number of nitrogens with one attached hydrogen (secondary N) is 3. The van der Waals surface area contributed by atoms with Crippen molar-refractivity contribution in [3.8, 4) is 0 Å². The molecule has 36 heavy (non-hydrogen) atoms. The van der Waals surface area contributed by atoms with Crippen molar-refractivity contribution in [3.05, 3.63) is 35.9 Å². The summed E-state index contributed by atoms with van der Waals surface area (Å²) in [7, 11) is 1.84. The molecule has 0 aromatic heterocycles. The fourth-order valence-corrected chi connectivity index (χ4v) is 4.84. The topological polar surface area (TPSA) is 90.5 Å². The molecule has 1 saturated heterocycles. The molecule has 0 aliphatic carbocycles. The van der Waals surface area contributed by atoms with Crippen LogP contribution in [0.15, 0.2) is 30.3 Å². The first-order valence-corrected chi connectivity index (χ1v) is 14.1. The summed E-state index contributed by atoms with van der Waals surface area (Å²) in [4.78, 5) is 40.8. The Bertz CT molecular complexity index is 771. The van der Waals surface area contributed by atoms with E-state index in [1.807, 2.05) is 37.4 Å². The average Bonchev–Trinajstić information content (AvgIpc) is 3.38. The Morgan fingerprint density at radius 1 is 0.944 bits per heavy atom. The number of carbonyl (C=O) groups excluding carboxylic acids is 3. The largest absolute Gasteiger partial charge is 0.353 e. The van der Waals surface area contributed by atoms with Crippen molar-refractivity contribution in [3.63, 3.8) is 0 Å². The van der Waals surface area contributed by atoms with Crippen molar-refractivity contribution in [1.82, 2.24) is 20.9 Å². The number of amides is 3. The van der Waals surface area contributed by atoms with Gasteiger partial charge in [-0.1, -0.05) is 88.6 Å². The number of nitrogens with zero attached hydrogens (tertiary/aromatic N) is 1. The molecule has 0 bridgehead atoms. The van der Waals surface area contributed by atoms with E-state index in [4.69, 9.17) is 0 Å². The first-order chi connectivity index (χ1) is 17.6. The van der Waals surface area contributed by atoms with Gasteiger partial charge in [0, 0.05) is 32.5 Å². The van der Waals surface area contributed by atoms with E-state index in [9.17, 15) is 14.4 Å². The number of unbranched alkanes of at least 4 members (excludes halogenated alkanes) is 8. The number of likely N-dealkylation sites (tertiary alicyclic amines) is 1. The van der Waals surface area contributed by atoms with Crippen LogP contribution in [0.4, 0.5) is 0 Å². The third kappa shape index (κ3) is 11.1. The summed E-state index contributed by atoms with van der Waals surface area (Å²) in [6.45, 7) is 3.98. The van der Waals surface area contributed by atoms with Crippen LogP contribution in [0.3, 0.4) is 0 Å². The highest BCUT2D eigenvalue weighted by Gasteiger charge is 2.37. The van der Waals surface area contributed by atoms with Crippen LogP contribution in [0, 0.1) is 0 Å². The summed E-state index contributed by atoms with van der Waals surface area (Å²) < 4.78 is 0. The molecule has 1 aromatic carbocycles. The summed E-state index contributed by atoms with van der Waals surface area (Å²) in [5.41, 5.74) is 0.994. The lowest BCUT2D eigenvalue weighted by Crippen LogP contribution is -2.54. The van der Waals surface area contributed by atoms with Crippen molar-refractivity contribution in [1.29, 1.82) is 0 Å². The molecule has 1 fully saturated rings. The number of benzene rings is 1. The molecule has 1 aliphatic rings. The zero-order chi connectivity index (χ0) is 26.0. The molecule has 1 heterocycles. The van der Waals surface area contributed by atoms with Crippen LogP contribution in [-0.2, 0) is 20.8 Å². The minimum absolute atomic E-state index is 0.0820. The van der Waals surface area contributed by atoms with Crippen LogP contribution in [0.2, 0.25) is 0 Å². The standard InChI is InChI=1S/C29H48N4O3/c1-3-4-5-6-7-8-9-10-14-19-27(34)32-25(23-24-16-12-11-13-17-24)29(36)33-22-15-18-26(33)28(35)31-21-20-30-2/h11-13,16-17,25-26,30H,3-10,14-15,18-23H2,1-2H3,(H,31,35)(H,32,34). The smallest absolute Gasteiger partial charge is 0.246 e. The van der Waals surface area contributed by atoms with E-state index in [0.717, 1.165) is 31.2 Å². The molecule has 2 atom stereocenters. The molecule has 3 amide bonds. The van der Waals surface area contributed by atoms with Gasteiger partial charge in [-0.2, -0.15) is 0 Å². The van der Waals surface area contributed by atoms with Crippen molar-refractivity contribution in [2.24, 2.45) is 0 Å². The van der Waals surface area contributed by atoms with E-state index in [1.54, 1.807) is 4.90 Å². The first kappa shape index (κ1) is 29.8. The Balaban J connectivity index is 1.88. The number of likely N-dealkylation sites (N-methyl/N-ethyl adjacent to an activating group) is 1. The van der Waals surface area contributed by atoms with Crippen LogP contribution in [0.25, 0.3) is 0 Å². The summed E-state index contributed by atoms with van der Waals surface area (Å²) in [6.07, 6.45) is 13.1. The molecular formula is C29H48N4O3. The van der Waals surface area contributed by atoms with E-state index < -0.39 is 12.1 Å². The van der Waals surface area contributed by atoms with Gasteiger partial charge in [-0.25, -0.2) is 0 Å². The molecule has 1 aliphatic heterocycles. The highest BCUT2D eigenvalue weighted by Crippen LogP contribution is 2.20. The van der Waals surface area contributed by atoms with Gasteiger partial charge in [0.1, 0.15) is 12.1 Å². The SMILES string of the molecule is CCCCCCCCCCCC(=O)NC(Cc1ccccc1)C(=O)N1CCCC1C(=O)NCCNC. The Kier molecular flexibility index (Phi) is 14.9. The Labute approximate surface area is 218 Å². The monoisotopic (exact) mass is 500 g/mol. The maximum atomic E-state index is 13.6. The van der Waals surface area contributed by atoms with Crippen molar-refractivity contribution >= 4 is 17.7 Å². The maximum absolute atomic E-state index is 13.6. The average molecular weight is 501 g/mol. The number of rotatable bonds is 18. The molecule has 202 valence electrons. The zero-order valence-electron chi connectivity index (χ0n) is 22.5. The minimum Gasteiger partial charge on any atom is -0.353 e. The fourth-order valence-electron chi connectivity index (χ4n) is 4.84. The van der Waals surface area contributed by atoms with Gasteiger partial charge in [-0.3, -0.25) is 14.4 Å².